The van der Waals surface area contributed by atoms with Crippen molar-refractivity contribution in [2.45, 2.75) is 26.2 Å². The standard InChI is InChI=1S/C14H22N2O.ClH/c1-3-4-11-16(2)12-10-14(17)15-13-8-6-5-7-9-13;/h5-9H,3-4,10-12H2,1-2H3,(H,15,17);1H. The Morgan fingerprint density at radius 2 is 1.89 bits per heavy atom. The van der Waals surface area contributed by atoms with Crippen LogP contribution in [0.2, 0.25) is 0 Å². The summed E-state index contributed by atoms with van der Waals surface area (Å²) in [4.78, 5) is 13.9. The number of hydrogen-bond donors (Lipinski definition) is 1. The van der Waals surface area contributed by atoms with Crippen LogP contribution in [0.5, 0.6) is 0 Å². The number of unbranched alkanes of at least 4 members (excludes halogenated alkanes) is 1. The topological polar surface area (TPSA) is 32.3 Å². The highest BCUT2D eigenvalue weighted by Gasteiger charge is 2.04. The largest absolute Gasteiger partial charge is 0.326 e. The number of carbonyl (C=O) groups excluding carboxylic acids is 1. The SMILES string of the molecule is CCCCN(C)CCC(=O)Nc1ccccc1.Cl. The van der Waals surface area contributed by atoms with E-state index in [1.807, 2.05) is 30.3 Å². The summed E-state index contributed by atoms with van der Waals surface area (Å²) in [6.07, 6.45) is 2.94. The van der Waals surface area contributed by atoms with Crippen molar-refractivity contribution in [3.05, 3.63) is 30.3 Å². The molecule has 0 unspecified atom stereocenters. The summed E-state index contributed by atoms with van der Waals surface area (Å²) in [6.45, 7) is 4.06. The molecule has 0 aliphatic carbocycles. The summed E-state index contributed by atoms with van der Waals surface area (Å²) < 4.78 is 0. The van der Waals surface area contributed by atoms with Gasteiger partial charge in [0.05, 0.1) is 0 Å². The minimum absolute atomic E-state index is 0. The van der Waals surface area contributed by atoms with Gasteiger partial charge in [0.25, 0.3) is 0 Å². The Morgan fingerprint density at radius 1 is 1.22 bits per heavy atom. The molecule has 1 amide bonds. The van der Waals surface area contributed by atoms with Crippen LogP contribution in [-0.4, -0.2) is 30.9 Å². The molecule has 0 spiro atoms. The van der Waals surface area contributed by atoms with Crippen molar-refractivity contribution in [1.82, 2.24) is 4.90 Å². The minimum Gasteiger partial charge on any atom is -0.326 e. The van der Waals surface area contributed by atoms with Gasteiger partial charge in [-0.2, -0.15) is 0 Å². The van der Waals surface area contributed by atoms with E-state index in [-0.39, 0.29) is 18.3 Å². The van der Waals surface area contributed by atoms with Crippen molar-refractivity contribution >= 4 is 24.0 Å². The van der Waals surface area contributed by atoms with Crippen molar-refractivity contribution < 1.29 is 4.79 Å². The Hall–Kier alpha value is -1.06. The molecule has 0 fully saturated rings. The van der Waals surface area contributed by atoms with Crippen molar-refractivity contribution in [3.8, 4) is 0 Å². The van der Waals surface area contributed by atoms with Crippen molar-refractivity contribution in [1.29, 1.82) is 0 Å². The number of nitrogens with zero attached hydrogens (tertiary/aromatic N) is 1. The summed E-state index contributed by atoms with van der Waals surface area (Å²) in [5, 5.41) is 2.89. The molecule has 1 aromatic carbocycles. The number of rotatable bonds is 7. The molecule has 0 radical (unpaired) electrons. The maximum absolute atomic E-state index is 11.7. The zero-order valence-electron chi connectivity index (χ0n) is 11.2. The zero-order valence-corrected chi connectivity index (χ0v) is 12.0. The van der Waals surface area contributed by atoms with E-state index in [0.29, 0.717) is 6.42 Å². The van der Waals surface area contributed by atoms with Gasteiger partial charge in [0, 0.05) is 18.7 Å². The highest BCUT2D eigenvalue weighted by molar-refractivity contribution is 5.90. The average Bonchev–Trinajstić information content (AvgIpc) is 2.35. The van der Waals surface area contributed by atoms with Gasteiger partial charge >= 0.3 is 0 Å². The lowest BCUT2D eigenvalue weighted by atomic mass is 10.3. The third-order valence-electron chi connectivity index (χ3n) is 2.67. The molecule has 0 bridgehead atoms. The Kier molecular flexibility index (Phi) is 9.33. The molecule has 18 heavy (non-hydrogen) atoms. The van der Waals surface area contributed by atoms with E-state index in [0.717, 1.165) is 18.8 Å². The summed E-state index contributed by atoms with van der Waals surface area (Å²) in [6, 6.07) is 9.58. The molecular formula is C14H23ClN2O. The van der Waals surface area contributed by atoms with Crippen molar-refractivity contribution in [2.24, 2.45) is 0 Å². The van der Waals surface area contributed by atoms with E-state index in [2.05, 4.69) is 24.2 Å². The number of halogens is 1. The Labute approximate surface area is 116 Å². The minimum atomic E-state index is 0. The van der Waals surface area contributed by atoms with Crippen LogP contribution < -0.4 is 5.32 Å². The van der Waals surface area contributed by atoms with Crippen LogP contribution in [0.15, 0.2) is 30.3 Å². The number of benzene rings is 1. The number of nitrogens with one attached hydrogen (secondary N) is 1. The second-order valence-corrected chi connectivity index (χ2v) is 4.32. The Morgan fingerprint density at radius 3 is 2.50 bits per heavy atom. The quantitative estimate of drug-likeness (QED) is 0.825. The molecule has 3 nitrogen and oxygen atoms in total. The molecule has 0 saturated carbocycles. The van der Waals surface area contributed by atoms with E-state index >= 15 is 0 Å². The predicted molar refractivity (Wildman–Crippen MR) is 79.3 cm³/mol. The van der Waals surface area contributed by atoms with E-state index < -0.39 is 0 Å². The number of hydrogen-bond acceptors (Lipinski definition) is 2. The van der Waals surface area contributed by atoms with Crippen LogP contribution in [0.3, 0.4) is 0 Å². The van der Waals surface area contributed by atoms with Gasteiger partial charge in [-0.15, -0.1) is 12.4 Å². The molecule has 0 atom stereocenters. The fourth-order valence-corrected chi connectivity index (χ4v) is 1.58. The van der Waals surface area contributed by atoms with Gasteiger partial charge in [0.15, 0.2) is 0 Å². The Balaban J connectivity index is 0.00000289. The molecule has 0 heterocycles. The normalized spacial score (nSPS) is 9.94. The van der Waals surface area contributed by atoms with E-state index in [9.17, 15) is 4.79 Å². The van der Waals surface area contributed by atoms with E-state index in [1.165, 1.54) is 12.8 Å². The molecule has 1 N–H and O–H groups in total. The summed E-state index contributed by atoms with van der Waals surface area (Å²) in [7, 11) is 2.06. The smallest absolute Gasteiger partial charge is 0.225 e. The van der Waals surface area contributed by atoms with E-state index in [4.69, 9.17) is 0 Å². The first-order valence-electron chi connectivity index (χ1n) is 6.26. The average molecular weight is 271 g/mol. The first kappa shape index (κ1) is 16.9. The van der Waals surface area contributed by atoms with Gasteiger partial charge < -0.3 is 10.2 Å². The zero-order chi connectivity index (χ0) is 12.5. The fourth-order valence-electron chi connectivity index (χ4n) is 1.58. The maximum atomic E-state index is 11.7. The molecule has 0 aliphatic rings. The molecular weight excluding hydrogens is 248 g/mol. The molecule has 1 rings (SSSR count). The molecule has 4 heteroatoms. The maximum Gasteiger partial charge on any atom is 0.225 e. The van der Waals surface area contributed by atoms with Crippen molar-refractivity contribution in [3.63, 3.8) is 0 Å². The third-order valence-corrected chi connectivity index (χ3v) is 2.67. The second-order valence-electron chi connectivity index (χ2n) is 4.32. The molecule has 0 aromatic heterocycles. The van der Waals surface area contributed by atoms with Gasteiger partial charge in [0.1, 0.15) is 0 Å². The predicted octanol–water partition coefficient (Wildman–Crippen LogP) is 3.17. The van der Waals surface area contributed by atoms with Gasteiger partial charge in [-0.05, 0) is 32.1 Å². The number of amides is 1. The van der Waals surface area contributed by atoms with Crippen LogP contribution >= 0.6 is 12.4 Å². The van der Waals surface area contributed by atoms with Crippen LogP contribution in [0.25, 0.3) is 0 Å². The fraction of sp³-hybridized carbons (Fsp3) is 0.500. The van der Waals surface area contributed by atoms with E-state index in [1.54, 1.807) is 0 Å². The lowest BCUT2D eigenvalue weighted by Crippen LogP contribution is -2.25. The van der Waals surface area contributed by atoms with Crippen LogP contribution in [-0.2, 0) is 4.79 Å². The van der Waals surface area contributed by atoms with Crippen LogP contribution in [0.4, 0.5) is 5.69 Å². The molecule has 0 saturated heterocycles. The van der Waals surface area contributed by atoms with Gasteiger partial charge in [-0.3, -0.25) is 4.79 Å². The first-order valence-corrected chi connectivity index (χ1v) is 6.26. The van der Waals surface area contributed by atoms with Gasteiger partial charge in [-0.1, -0.05) is 31.5 Å². The first-order chi connectivity index (χ1) is 8.22. The summed E-state index contributed by atoms with van der Waals surface area (Å²) in [5.74, 6) is 0.0829. The highest BCUT2D eigenvalue weighted by atomic mass is 35.5. The Bertz CT molecular complexity index is 330. The molecule has 0 aliphatic heterocycles. The number of para-hydroxylation sites is 1. The molecule has 102 valence electrons. The monoisotopic (exact) mass is 270 g/mol. The number of anilines is 1. The lowest BCUT2D eigenvalue weighted by Gasteiger charge is -2.15. The summed E-state index contributed by atoms with van der Waals surface area (Å²) in [5.41, 5.74) is 0.869. The third kappa shape index (κ3) is 7.30. The lowest BCUT2D eigenvalue weighted by molar-refractivity contribution is -0.116. The van der Waals surface area contributed by atoms with Crippen LogP contribution in [0, 0.1) is 0 Å². The summed E-state index contributed by atoms with van der Waals surface area (Å²) >= 11 is 0. The second kappa shape index (κ2) is 9.92. The number of carbonyl (C=O) groups is 1. The van der Waals surface area contributed by atoms with Gasteiger partial charge in [-0.25, -0.2) is 0 Å². The highest BCUT2D eigenvalue weighted by Crippen LogP contribution is 2.05. The van der Waals surface area contributed by atoms with Gasteiger partial charge in [0.2, 0.25) is 5.91 Å². The van der Waals surface area contributed by atoms with Crippen LogP contribution in [0.1, 0.15) is 26.2 Å². The van der Waals surface area contributed by atoms with Crippen molar-refractivity contribution in [2.75, 3.05) is 25.5 Å². The molecule has 1 aromatic rings.